The molecule has 0 saturated carbocycles. The van der Waals surface area contributed by atoms with Gasteiger partial charge in [-0.15, -0.1) is 0 Å². The molecule has 14 heavy (non-hydrogen) atoms. The van der Waals surface area contributed by atoms with Crippen molar-refractivity contribution in [3.8, 4) is 5.75 Å². The first kappa shape index (κ1) is 11.0. The quantitative estimate of drug-likeness (QED) is 0.799. The summed E-state index contributed by atoms with van der Waals surface area (Å²) in [5.41, 5.74) is 6.86. The molecule has 0 amide bonds. The molecule has 78 valence electrons. The van der Waals surface area contributed by atoms with Crippen molar-refractivity contribution < 1.29 is 4.74 Å². The van der Waals surface area contributed by atoms with Crippen LogP contribution in [0.2, 0.25) is 0 Å². The van der Waals surface area contributed by atoms with Crippen molar-refractivity contribution in [2.24, 2.45) is 11.7 Å². The molecule has 1 unspecified atom stereocenters. The molecule has 0 fully saturated rings. The summed E-state index contributed by atoms with van der Waals surface area (Å²) in [7, 11) is 1.63. The summed E-state index contributed by atoms with van der Waals surface area (Å²) in [5.74, 6) is 1.11. The van der Waals surface area contributed by atoms with E-state index in [1.54, 1.807) is 19.5 Å². The summed E-state index contributed by atoms with van der Waals surface area (Å²) in [4.78, 5) is 4.10. The van der Waals surface area contributed by atoms with Gasteiger partial charge >= 0.3 is 0 Å². The highest BCUT2D eigenvalue weighted by Crippen LogP contribution is 2.27. The van der Waals surface area contributed by atoms with Crippen molar-refractivity contribution in [1.29, 1.82) is 0 Å². The average molecular weight is 194 g/mol. The predicted molar refractivity (Wildman–Crippen MR) is 57.2 cm³/mol. The van der Waals surface area contributed by atoms with Crippen LogP contribution in [0.3, 0.4) is 0 Å². The zero-order valence-corrected chi connectivity index (χ0v) is 9.24. The van der Waals surface area contributed by atoms with Crippen LogP contribution in [0.5, 0.6) is 5.75 Å². The molecule has 0 spiro atoms. The summed E-state index contributed by atoms with van der Waals surface area (Å²) in [5, 5.41) is 0. The average Bonchev–Trinajstić information content (AvgIpc) is 2.17. The maximum Gasteiger partial charge on any atom is 0.137 e. The molecule has 1 aromatic rings. The Morgan fingerprint density at radius 2 is 2.07 bits per heavy atom. The van der Waals surface area contributed by atoms with Crippen molar-refractivity contribution in [1.82, 2.24) is 4.98 Å². The van der Waals surface area contributed by atoms with Gasteiger partial charge < -0.3 is 10.5 Å². The highest BCUT2D eigenvalue weighted by molar-refractivity contribution is 5.28. The molecule has 0 bridgehead atoms. The molecule has 3 heteroatoms. The van der Waals surface area contributed by atoms with Crippen LogP contribution >= 0.6 is 0 Å². The fourth-order valence-electron chi connectivity index (χ4n) is 1.16. The SMILES string of the molecule is COc1cncc(C(C)(N)C(C)C)c1. The fraction of sp³-hybridized carbons (Fsp3) is 0.545. The fourth-order valence-corrected chi connectivity index (χ4v) is 1.16. The van der Waals surface area contributed by atoms with Gasteiger partial charge in [0.05, 0.1) is 13.3 Å². The highest BCUT2D eigenvalue weighted by Gasteiger charge is 2.25. The van der Waals surface area contributed by atoms with E-state index >= 15 is 0 Å². The number of rotatable bonds is 3. The van der Waals surface area contributed by atoms with Gasteiger partial charge in [-0.2, -0.15) is 0 Å². The maximum atomic E-state index is 6.21. The van der Waals surface area contributed by atoms with Crippen LogP contribution in [-0.4, -0.2) is 12.1 Å². The Morgan fingerprint density at radius 1 is 1.43 bits per heavy atom. The molecule has 3 nitrogen and oxygen atoms in total. The lowest BCUT2D eigenvalue weighted by Crippen LogP contribution is -2.38. The van der Waals surface area contributed by atoms with Gasteiger partial charge in [0.25, 0.3) is 0 Å². The van der Waals surface area contributed by atoms with Crippen LogP contribution in [0, 0.1) is 5.92 Å². The maximum absolute atomic E-state index is 6.21. The number of aromatic nitrogens is 1. The van der Waals surface area contributed by atoms with Gasteiger partial charge in [0.1, 0.15) is 5.75 Å². The lowest BCUT2D eigenvalue weighted by molar-refractivity contribution is 0.346. The Morgan fingerprint density at radius 3 is 2.57 bits per heavy atom. The van der Waals surface area contributed by atoms with Gasteiger partial charge in [-0.1, -0.05) is 13.8 Å². The number of methoxy groups -OCH3 is 1. The topological polar surface area (TPSA) is 48.1 Å². The van der Waals surface area contributed by atoms with Gasteiger partial charge in [0.15, 0.2) is 0 Å². The lowest BCUT2D eigenvalue weighted by atomic mass is 9.83. The van der Waals surface area contributed by atoms with Crippen molar-refractivity contribution in [3.05, 3.63) is 24.0 Å². The number of hydrogen-bond donors (Lipinski definition) is 1. The number of hydrogen-bond acceptors (Lipinski definition) is 3. The third-order valence-corrected chi connectivity index (χ3v) is 2.77. The molecular formula is C11H18N2O. The molecule has 1 aromatic heterocycles. The Labute approximate surface area is 85.3 Å². The molecule has 0 aromatic carbocycles. The van der Waals surface area contributed by atoms with E-state index in [1.165, 1.54) is 0 Å². The third kappa shape index (κ3) is 2.04. The first-order chi connectivity index (χ1) is 6.48. The monoisotopic (exact) mass is 194 g/mol. The van der Waals surface area contributed by atoms with E-state index in [-0.39, 0.29) is 5.54 Å². The minimum Gasteiger partial charge on any atom is -0.495 e. The van der Waals surface area contributed by atoms with Crippen molar-refractivity contribution in [2.45, 2.75) is 26.3 Å². The minimum atomic E-state index is -0.360. The number of ether oxygens (including phenoxy) is 1. The molecule has 0 aliphatic heterocycles. The molecule has 1 rings (SSSR count). The van der Waals surface area contributed by atoms with Gasteiger partial charge in [0, 0.05) is 11.7 Å². The van der Waals surface area contributed by atoms with E-state index in [9.17, 15) is 0 Å². The van der Waals surface area contributed by atoms with E-state index < -0.39 is 0 Å². The summed E-state index contributed by atoms with van der Waals surface area (Å²) < 4.78 is 5.11. The van der Waals surface area contributed by atoms with Crippen LogP contribution in [-0.2, 0) is 5.54 Å². The van der Waals surface area contributed by atoms with Crippen LogP contribution in [0.4, 0.5) is 0 Å². The van der Waals surface area contributed by atoms with Crippen LogP contribution < -0.4 is 10.5 Å². The first-order valence-corrected chi connectivity index (χ1v) is 4.77. The smallest absolute Gasteiger partial charge is 0.137 e. The molecule has 0 aliphatic carbocycles. The van der Waals surface area contributed by atoms with Crippen LogP contribution in [0.25, 0.3) is 0 Å². The van der Waals surface area contributed by atoms with Gasteiger partial charge in [-0.25, -0.2) is 0 Å². The molecule has 0 aliphatic rings. The van der Waals surface area contributed by atoms with Crippen LogP contribution in [0.1, 0.15) is 26.3 Å². The molecule has 2 N–H and O–H groups in total. The van der Waals surface area contributed by atoms with E-state index in [2.05, 4.69) is 18.8 Å². The lowest BCUT2D eigenvalue weighted by Gasteiger charge is -2.29. The largest absolute Gasteiger partial charge is 0.495 e. The molecule has 0 radical (unpaired) electrons. The zero-order valence-electron chi connectivity index (χ0n) is 9.24. The second-order valence-electron chi connectivity index (χ2n) is 4.05. The molecule has 1 atom stereocenters. The Bertz CT molecular complexity index is 308. The molecular weight excluding hydrogens is 176 g/mol. The van der Waals surface area contributed by atoms with Crippen molar-refractivity contribution in [2.75, 3.05) is 7.11 Å². The number of pyridine rings is 1. The van der Waals surface area contributed by atoms with E-state index in [1.807, 2.05) is 13.0 Å². The third-order valence-electron chi connectivity index (χ3n) is 2.77. The summed E-state index contributed by atoms with van der Waals surface area (Å²) >= 11 is 0. The Kier molecular flexibility index (Phi) is 3.11. The highest BCUT2D eigenvalue weighted by atomic mass is 16.5. The predicted octanol–water partition coefficient (Wildman–Crippen LogP) is 1.92. The zero-order chi connectivity index (χ0) is 10.8. The minimum absolute atomic E-state index is 0.358. The van der Waals surface area contributed by atoms with E-state index in [0.717, 1.165) is 11.3 Å². The second-order valence-corrected chi connectivity index (χ2v) is 4.05. The van der Waals surface area contributed by atoms with Gasteiger partial charge in [-0.05, 0) is 24.5 Å². The van der Waals surface area contributed by atoms with E-state index in [4.69, 9.17) is 10.5 Å². The Balaban J connectivity index is 3.06. The first-order valence-electron chi connectivity index (χ1n) is 4.77. The number of nitrogens with zero attached hydrogens (tertiary/aromatic N) is 1. The molecule has 1 heterocycles. The normalized spacial score (nSPS) is 15.3. The number of nitrogens with two attached hydrogens (primary N) is 1. The van der Waals surface area contributed by atoms with Crippen molar-refractivity contribution in [3.63, 3.8) is 0 Å². The second kappa shape index (κ2) is 3.96. The van der Waals surface area contributed by atoms with Crippen LogP contribution in [0.15, 0.2) is 18.5 Å². The standard InChI is InChI=1S/C11H18N2O/c1-8(2)11(3,12)9-5-10(14-4)7-13-6-9/h5-8H,12H2,1-4H3. The van der Waals surface area contributed by atoms with Gasteiger partial charge in [0.2, 0.25) is 0 Å². The summed E-state index contributed by atoms with van der Waals surface area (Å²) in [6.07, 6.45) is 3.47. The summed E-state index contributed by atoms with van der Waals surface area (Å²) in [6.45, 7) is 6.20. The Hall–Kier alpha value is -1.09. The van der Waals surface area contributed by atoms with Crippen molar-refractivity contribution >= 4 is 0 Å². The summed E-state index contributed by atoms with van der Waals surface area (Å²) in [6, 6.07) is 1.94. The molecule has 0 saturated heterocycles. The van der Waals surface area contributed by atoms with Gasteiger partial charge in [-0.3, -0.25) is 4.98 Å². The van der Waals surface area contributed by atoms with E-state index in [0.29, 0.717) is 5.92 Å².